The maximum absolute atomic E-state index is 13.0. The minimum atomic E-state index is -1.78. The van der Waals surface area contributed by atoms with Crippen molar-refractivity contribution in [2.75, 3.05) is 6.61 Å². The number of ether oxygens (including phenoxy) is 1. The Hall–Kier alpha value is -2.47. The average Bonchev–Trinajstić information content (AvgIpc) is 3.09. The number of hydrogen-bond donors (Lipinski definition) is 0. The Morgan fingerprint density at radius 2 is 1.84 bits per heavy atom. The van der Waals surface area contributed by atoms with E-state index >= 15 is 0 Å². The first kappa shape index (κ1) is 17.4. The number of ketones is 1. The van der Waals surface area contributed by atoms with Gasteiger partial charge in [-0.15, -0.1) is 0 Å². The Morgan fingerprint density at radius 1 is 1.16 bits per heavy atom. The molecule has 1 aliphatic heterocycles. The molecule has 1 aliphatic rings. The van der Waals surface area contributed by atoms with Crippen molar-refractivity contribution in [3.05, 3.63) is 70.2 Å². The summed E-state index contributed by atoms with van der Waals surface area (Å²) in [6.45, 7) is 1.84. The molecule has 1 unspecified atom stereocenters. The minimum Gasteiger partial charge on any atom is -0.463 e. The van der Waals surface area contributed by atoms with Gasteiger partial charge in [-0.25, -0.2) is 4.79 Å². The van der Waals surface area contributed by atoms with Gasteiger partial charge in [-0.2, -0.15) is 0 Å². The van der Waals surface area contributed by atoms with Crippen LogP contribution in [0.2, 0.25) is 0 Å². The number of carbonyl (C=O) groups is 2. The van der Waals surface area contributed by atoms with E-state index in [-0.39, 0.29) is 13.0 Å². The Kier molecular flexibility index (Phi) is 4.99. The molecule has 0 amide bonds. The van der Waals surface area contributed by atoms with Gasteiger partial charge in [0.05, 0.1) is 18.7 Å². The molecule has 5 nitrogen and oxygen atoms in total. The van der Waals surface area contributed by atoms with Crippen LogP contribution in [0.1, 0.15) is 29.3 Å². The predicted molar refractivity (Wildman–Crippen MR) is 96.5 cm³/mol. The number of halogens is 1. The summed E-state index contributed by atoms with van der Waals surface area (Å²) in [6.07, 6.45) is 0.0290. The van der Waals surface area contributed by atoms with Gasteiger partial charge in [-0.1, -0.05) is 63.6 Å². The maximum atomic E-state index is 13.0. The fourth-order valence-corrected chi connectivity index (χ4v) is 2.89. The molecule has 0 bridgehead atoms. The maximum Gasteiger partial charge on any atom is 0.362 e. The number of esters is 1. The molecule has 0 saturated heterocycles. The Bertz CT molecular complexity index is 817. The lowest BCUT2D eigenvalue weighted by Crippen LogP contribution is -2.48. The average molecular weight is 402 g/mol. The molecule has 2 aromatic carbocycles. The van der Waals surface area contributed by atoms with Crippen molar-refractivity contribution >= 4 is 33.4 Å². The van der Waals surface area contributed by atoms with Gasteiger partial charge < -0.3 is 9.57 Å². The van der Waals surface area contributed by atoms with E-state index in [0.29, 0.717) is 11.3 Å². The van der Waals surface area contributed by atoms with Crippen molar-refractivity contribution in [3.8, 4) is 0 Å². The summed E-state index contributed by atoms with van der Waals surface area (Å²) in [5.41, 5.74) is -0.0809. The first-order valence-electron chi connectivity index (χ1n) is 7.85. The van der Waals surface area contributed by atoms with Crippen molar-refractivity contribution in [2.45, 2.75) is 18.9 Å². The molecule has 25 heavy (non-hydrogen) atoms. The van der Waals surface area contributed by atoms with Crippen LogP contribution < -0.4 is 0 Å². The van der Waals surface area contributed by atoms with Crippen molar-refractivity contribution in [2.24, 2.45) is 5.16 Å². The van der Waals surface area contributed by atoms with E-state index in [1.54, 1.807) is 37.3 Å². The van der Waals surface area contributed by atoms with E-state index in [1.807, 2.05) is 24.3 Å². The number of oxime groups is 1. The van der Waals surface area contributed by atoms with Crippen LogP contribution in [0.5, 0.6) is 0 Å². The van der Waals surface area contributed by atoms with Gasteiger partial charge in [0.25, 0.3) is 0 Å². The van der Waals surface area contributed by atoms with Gasteiger partial charge in [0.1, 0.15) is 0 Å². The third-order valence-corrected chi connectivity index (χ3v) is 4.44. The van der Waals surface area contributed by atoms with Crippen molar-refractivity contribution in [1.29, 1.82) is 0 Å². The number of Topliss-reactive ketones (excluding diaryl/α,β-unsaturated/α-hetero) is 1. The molecule has 0 N–H and O–H groups in total. The Morgan fingerprint density at radius 3 is 2.48 bits per heavy atom. The van der Waals surface area contributed by atoms with Gasteiger partial charge in [0.15, 0.2) is 0 Å². The number of rotatable bonds is 5. The van der Waals surface area contributed by atoms with Gasteiger partial charge in [-0.05, 0) is 24.6 Å². The van der Waals surface area contributed by atoms with Crippen LogP contribution in [0.3, 0.4) is 0 Å². The Balaban J connectivity index is 1.94. The molecule has 3 rings (SSSR count). The van der Waals surface area contributed by atoms with E-state index < -0.39 is 17.4 Å². The van der Waals surface area contributed by atoms with Crippen LogP contribution in [-0.2, 0) is 14.4 Å². The van der Waals surface area contributed by atoms with Gasteiger partial charge in [0, 0.05) is 10.0 Å². The standard InChI is InChI=1S/C19H16BrNO4/c1-2-24-18(23)19(17(22)14-6-4-3-5-7-14)12-16(21-25-19)13-8-10-15(20)11-9-13/h3-11H,2,12H2,1H3. The molecule has 0 spiro atoms. The van der Waals surface area contributed by atoms with Crippen molar-refractivity contribution in [3.63, 3.8) is 0 Å². The van der Waals surface area contributed by atoms with Crippen LogP contribution in [0.15, 0.2) is 64.2 Å². The zero-order valence-corrected chi connectivity index (χ0v) is 15.2. The van der Waals surface area contributed by atoms with Crippen LogP contribution in [0.4, 0.5) is 0 Å². The quantitative estimate of drug-likeness (QED) is 0.434. The molecule has 0 radical (unpaired) electrons. The van der Waals surface area contributed by atoms with Crippen LogP contribution in [0, 0.1) is 0 Å². The highest BCUT2D eigenvalue weighted by Gasteiger charge is 2.55. The molecule has 0 aromatic heterocycles. The van der Waals surface area contributed by atoms with Gasteiger partial charge >= 0.3 is 11.6 Å². The summed E-state index contributed by atoms with van der Waals surface area (Å²) in [6, 6.07) is 16.0. The fourth-order valence-electron chi connectivity index (χ4n) is 2.62. The molecule has 128 valence electrons. The molecule has 0 aliphatic carbocycles. The number of benzene rings is 2. The topological polar surface area (TPSA) is 65.0 Å². The van der Waals surface area contributed by atoms with E-state index in [9.17, 15) is 9.59 Å². The second-order valence-electron chi connectivity index (χ2n) is 5.56. The van der Waals surface area contributed by atoms with Gasteiger partial charge in [-0.3, -0.25) is 4.79 Å². The third-order valence-electron chi connectivity index (χ3n) is 3.91. The molecular formula is C19H16BrNO4. The van der Waals surface area contributed by atoms with Crippen LogP contribution in [-0.4, -0.2) is 29.7 Å². The molecule has 6 heteroatoms. The molecule has 1 atom stereocenters. The van der Waals surface area contributed by atoms with Crippen LogP contribution >= 0.6 is 15.9 Å². The summed E-state index contributed by atoms with van der Waals surface area (Å²) in [5, 5.41) is 4.02. The largest absolute Gasteiger partial charge is 0.463 e. The first-order chi connectivity index (χ1) is 12.1. The lowest BCUT2D eigenvalue weighted by atomic mass is 9.87. The number of nitrogens with zero attached hydrogens (tertiary/aromatic N) is 1. The second kappa shape index (κ2) is 7.19. The second-order valence-corrected chi connectivity index (χ2v) is 6.47. The van der Waals surface area contributed by atoms with Crippen molar-refractivity contribution in [1.82, 2.24) is 0 Å². The third kappa shape index (κ3) is 3.35. The molecule has 2 aromatic rings. The monoisotopic (exact) mass is 401 g/mol. The summed E-state index contributed by atoms with van der Waals surface area (Å²) >= 11 is 3.37. The summed E-state index contributed by atoms with van der Waals surface area (Å²) < 4.78 is 6.03. The van der Waals surface area contributed by atoms with E-state index in [2.05, 4.69) is 21.1 Å². The first-order valence-corrected chi connectivity index (χ1v) is 8.64. The number of carbonyl (C=O) groups excluding carboxylic acids is 2. The van der Waals surface area contributed by atoms with E-state index in [0.717, 1.165) is 10.0 Å². The fraction of sp³-hybridized carbons (Fsp3) is 0.211. The molecule has 1 heterocycles. The summed E-state index contributed by atoms with van der Waals surface area (Å²) in [7, 11) is 0. The highest BCUT2D eigenvalue weighted by molar-refractivity contribution is 9.10. The predicted octanol–water partition coefficient (Wildman–Crippen LogP) is 3.76. The smallest absolute Gasteiger partial charge is 0.362 e. The van der Waals surface area contributed by atoms with Crippen molar-refractivity contribution < 1.29 is 19.2 Å². The zero-order chi connectivity index (χ0) is 17.9. The van der Waals surface area contributed by atoms with E-state index in [1.165, 1.54) is 0 Å². The van der Waals surface area contributed by atoms with E-state index in [4.69, 9.17) is 9.57 Å². The summed E-state index contributed by atoms with van der Waals surface area (Å²) in [5.74, 6) is -1.18. The minimum absolute atomic E-state index is 0.0290. The van der Waals surface area contributed by atoms with Gasteiger partial charge in [0.2, 0.25) is 5.78 Å². The highest BCUT2D eigenvalue weighted by atomic mass is 79.9. The highest BCUT2D eigenvalue weighted by Crippen LogP contribution is 2.32. The molecule has 0 saturated carbocycles. The molecule has 0 fully saturated rings. The normalized spacial score (nSPS) is 19.0. The lowest BCUT2D eigenvalue weighted by molar-refractivity contribution is -0.162. The SMILES string of the molecule is CCOC(=O)C1(C(=O)c2ccccc2)CC(c2ccc(Br)cc2)=NO1. The lowest BCUT2D eigenvalue weighted by Gasteiger charge is -2.22. The van der Waals surface area contributed by atoms with Crippen LogP contribution in [0.25, 0.3) is 0 Å². The summed E-state index contributed by atoms with van der Waals surface area (Å²) in [4.78, 5) is 31.0. The number of hydrogen-bond acceptors (Lipinski definition) is 5. The molecular weight excluding hydrogens is 386 g/mol. The Labute approximate surface area is 153 Å². The zero-order valence-electron chi connectivity index (χ0n) is 13.6.